The van der Waals surface area contributed by atoms with E-state index in [0.29, 0.717) is 17.1 Å². The SMILES string of the molecule is Cc1ccc(C#N)cc1Oc1ccc([C@@H](C)N)cc1Br. The smallest absolute Gasteiger partial charge is 0.141 e. The van der Waals surface area contributed by atoms with Crippen LogP contribution in [0.15, 0.2) is 40.9 Å². The Kier molecular flexibility index (Phi) is 4.43. The highest BCUT2D eigenvalue weighted by molar-refractivity contribution is 9.10. The van der Waals surface area contributed by atoms with Crippen molar-refractivity contribution < 1.29 is 4.74 Å². The van der Waals surface area contributed by atoms with Crippen LogP contribution in [-0.2, 0) is 0 Å². The summed E-state index contributed by atoms with van der Waals surface area (Å²) in [7, 11) is 0. The minimum atomic E-state index is -0.0241. The van der Waals surface area contributed by atoms with Crippen molar-refractivity contribution in [3.63, 3.8) is 0 Å². The summed E-state index contributed by atoms with van der Waals surface area (Å²) in [5.41, 5.74) is 8.44. The van der Waals surface area contributed by atoms with E-state index in [1.54, 1.807) is 12.1 Å². The Morgan fingerprint density at radius 2 is 1.95 bits per heavy atom. The molecule has 2 aromatic rings. The molecule has 0 spiro atoms. The van der Waals surface area contributed by atoms with E-state index in [0.717, 1.165) is 15.6 Å². The molecule has 20 heavy (non-hydrogen) atoms. The van der Waals surface area contributed by atoms with Crippen LogP contribution in [0.5, 0.6) is 11.5 Å². The summed E-state index contributed by atoms with van der Waals surface area (Å²) in [6.07, 6.45) is 0. The van der Waals surface area contributed by atoms with Crippen LogP contribution in [0.1, 0.15) is 29.7 Å². The summed E-state index contributed by atoms with van der Waals surface area (Å²) in [6.45, 7) is 3.88. The summed E-state index contributed by atoms with van der Waals surface area (Å²) in [5.74, 6) is 1.38. The van der Waals surface area contributed by atoms with Crippen molar-refractivity contribution in [1.82, 2.24) is 0 Å². The first-order chi connectivity index (χ1) is 9.51. The molecule has 0 radical (unpaired) electrons. The molecule has 0 aliphatic heterocycles. The number of ether oxygens (including phenoxy) is 1. The van der Waals surface area contributed by atoms with E-state index in [1.165, 1.54) is 0 Å². The van der Waals surface area contributed by atoms with Gasteiger partial charge in [0.15, 0.2) is 0 Å². The van der Waals surface area contributed by atoms with Gasteiger partial charge < -0.3 is 10.5 Å². The summed E-state index contributed by atoms with van der Waals surface area (Å²) in [5, 5.41) is 8.94. The topological polar surface area (TPSA) is 59.0 Å². The highest BCUT2D eigenvalue weighted by Gasteiger charge is 2.08. The standard InChI is InChI=1S/C16H15BrN2O/c1-10-3-4-12(9-18)7-16(10)20-15-6-5-13(11(2)19)8-14(15)17/h3-8,11H,19H2,1-2H3/t11-/m1/s1. The predicted molar refractivity (Wildman–Crippen MR) is 82.7 cm³/mol. The van der Waals surface area contributed by atoms with E-state index >= 15 is 0 Å². The van der Waals surface area contributed by atoms with Gasteiger partial charge in [-0.3, -0.25) is 0 Å². The lowest BCUT2D eigenvalue weighted by Gasteiger charge is -2.13. The number of nitrogens with two attached hydrogens (primary N) is 1. The van der Waals surface area contributed by atoms with Crippen LogP contribution in [0.2, 0.25) is 0 Å². The van der Waals surface area contributed by atoms with Crippen molar-refractivity contribution in [3.8, 4) is 17.6 Å². The maximum absolute atomic E-state index is 8.94. The number of halogens is 1. The normalized spacial score (nSPS) is 11.8. The molecule has 0 aromatic heterocycles. The van der Waals surface area contributed by atoms with Gasteiger partial charge in [0.25, 0.3) is 0 Å². The Hall–Kier alpha value is -1.83. The first-order valence-electron chi connectivity index (χ1n) is 6.25. The molecule has 102 valence electrons. The molecule has 2 rings (SSSR count). The number of nitriles is 1. The number of rotatable bonds is 3. The lowest BCUT2D eigenvalue weighted by atomic mass is 10.1. The van der Waals surface area contributed by atoms with Crippen molar-refractivity contribution in [2.75, 3.05) is 0 Å². The van der Waals surface area contributed by atoms with Gasteiger partial charge in [0, 0.05) is 6.04 Å². The van der Waals surface area contributed by atoms with Gasteiger partial charge in [-0.2, -0.15) is 5.26 Å². The zero-order chi connectivity index (χ0) is 14.7. The van der Waals surface area contributed by atoms with Crippen molar-refractivity contribution in [1.29, 1.82) is 5.26 Å². The van der Waals surface area contributed by atoms with E-state index in [2.05, 4.69) is 22.0 Å². The van der Waals surface area contributed by atoms with Gasteiger partial charge in [0.2, 0.25) is 0 Å². The maximum Gasteiger partial charge on any atom is 0.141 e. The molecule has 0 amide bonds. The Bertz CT molecular complexity index is 675. The molecule has 0 aliphatic carbocycles. The van der Waals surface area contributed by atoms with Crippen LogP contribution in [-0.4, -0.2) is 0 Å². The molecule has 0 saturated carbocycles. The second-order valence-corrected chi connectivity index (χ2v) is 5.53. The van der Waals surface area contributed by atoms with Gasteiger partial charge in [-0.1, -0.05) is 12.1 Å². The number of hydrogen-bond acceptors (Lipinski definition) is 3. The maximum atomic E-state index is 8.94. The second kappa shape index (κ2) is 6.08. The minimum absolute atomic E-state index is 0.0241. The van der Waals surface area contributed by atoms with Gasteiger partial charge in [0.05, 0.1) is 16.1 Å². The molecule has 1 atom stereocenters. The number of aryl methyl sites for hydroxylation is 1. The number of nitrogens with zero attached hydrogens (tertiary/aromatic N) is 1. The van der Waals surface area contributed by atoms with E-state index < -0.39 is 0 Å². The Balaban J connectivity index is 2.33. The molecular weight excluding hydrogens is 316 g/mol. The van der Waals surface area contributed by atoms with Crippen LogP contribution >= 0.6 is 15.9 Å². The number of benzene rings is 2. The molecule has 0 saturated heterocycles. The lowest BCUT2D eigenvalue weighted by Crippen LogP contribution is -2.04. The van der Waals surface area contributed by atoms with Crippen LogP contribution in [0.25, 0.3) is 0 Å². The van der Waals surface area contributed by atoms with Crippen molar-refractivity contribution in [2.24, 2.45) is 5.73 Å². The largest absolute Gasteiger partial charge is 0.456 e. The molecular formula is C16H15BrN2O. The fourth-order valence-corrected chi connectivity index (χ4v) is 2.26. The van der Waals surface area contributed by atoms with Crippen LogP contribution in [0.4, 0.5) is 0 Å². The molecule has 4 heteroatoms. The lowest BCUT2D eigenvalue weighted by molar-refractivity contribution is 0.475. The molecule has 0 unspecified atom stereocenters. The molecule has 0 bridgehead atoms. The Morgan fingerprint density at radius 3 is 2.55 bits per heavy atom. The highest BCUT2D eigenvalue weighted by Crippen LogP contribution is 2.33. The highest BCUT2D eigenvalue weighted by atomic mass is 79.9. The van der Waals surface area contributed by atoms with Crippen molar-refractivity contribution >= 4 is 15.9 Å². The van der Waals surface area contributed by atoms with E-state index in [1.807, 2.05) is 38.1 Å². The monoisotopic (exact) mass is 330 g/mol. The van der Waals surface area contributed by atoms with Gasteiger partial charge in [-0.15, -0.1) is 0 Å². The summed E-state index contributed by atoms with van der Waals surface area (Å²) < 4.78 is 6.72. The zero-order valence-corrected chi connectivity index (χ0v) is 12.9. The van der Waals surface area contributed by atoms with Crippen molar-refractivity contribution in [2.45, 2.75) is 19.9 Å². The van der Waals surface area contributed by atoms with Crippen molar-refractivity contribution in [3.05, 3.63) is 57.6 Å². The zero-order valence-electron chi connectivity index (χ0n) is 11.4. The number of hydrogen-bond donors (Lipinski definition) is 1. The van der Waals surface area contributed by atoms with E-state index in [4.69, 9.17) is 15.7 Å². The Labute approximate surface area is 127 Å². The molecule has 2 N–H and O–H groups in total. The fraction of sp³-hybridized carbons (Fsp3) is 0.188. The average Bonchev–Trinajstić information content (AvgIpc) is 2.43. The van der Waals surface area contributed by atoms with Gasteiger partial charge in [-0.25, -0.2) is 0 Å². The quantitative estimate of drug-likeness (QED) is 0.904. The summed E-state index contributed by atoms with van der Waals surface area (Å²) >= 11 is 3.49. The van der Waals surface area contributed by atoms with E-state index in [-0.39, 0.29) is 6.04 Å². The van der Waals surface area contributed by atoms with Crippen LogP contribution in [0.3, 0.4) is 0 Å². The molecule has 0 fully saturated rings. The van der Waals surface area contributed by atoms with Gasteiger partial charge in [0.1, 0.15) is 11.5 Å². The third-order valence-corrected chi connectivity index (χ3v) is 3.64. The summed E-state index contributed by atoms with van der Waals surface area (Å²) in [6, 6.07) is 13.2. The molecule has 2 aromatic carbocycles. The minimum Gasteiger partial charge on any atom is -0.456 e. The summed E-state index contributed by atoms with van der Waals surface area (Å²) in [4.78, 5) is 0. The van der Waals surface area contributed by atoms with Crippen LogP contribution in [0, 0.1) is 18.3 Å². The first kappa shape index (κ1) is 14.6. The molecule has 0 aliphatic rings. The molecule has 0 heterocycles. The van der Waals surface area contributed by atoms with Gasteiger partial charge in [-0.05, 0) is 65.2 Å². The molecule has 3 nitrogen and oxygen atoms in total. The third kappa shape index (κ3) is 3.19. The second-order valence-electron chi connectivity index (χ2n) is 4.67. The third-order valence-electron chi connectivity index (χ3n) is 3.02. The predicted octanol–water partition coefficient (Wildman–Crippen LogP) is 4.44. The van der Waals surface area contributed by atoms with Crippen LogP contribution < -0.4 is 10.5 Å². The average molecular weight is 331 g/mol. The fourth-order valence-electron chi connectivity index (χ4n) is 1.78. The van der Waals surface area contributed by atoms with Gasteiger partial charge >= 0.3 is 0 Å². The van der Waals surface area contributed by atoms with E-state index in [9.17, 15) is 0 Å². The first-order valence-corrected chi connectivity index (χ1v) is 7.04. The Morgan fingerprint density at radius 1 is 1.20 bits per heavy atom.